The molecule has 0 spiro atoms. The van der Waals surface area contributed by atoms with Gasteiger partial charge in [0.15, 0.2) is 17.8 Å². The number of carbonyl (C=O) groups excluding carboxylic acids is 4. The Morgan fingerprint density at radius 3 is 2.19 bits per heavy atom. The highest BCUT2D eigenvalue weighted by Gasteiger charge is 2.38. The number of hydrogen-bond acceptors (Lipinski definition) is 11. The van der Waals surface area contributed by atoms with Crippen LogP contribution < -0.4 is 20.1 Å². The molecule has 1 saturated heterocycles. The molecule has 1 aliphatic heterocycles. The number of hydrogen-bond donors (Lipinski definition) is 2. The standard InChI is InChI=1S/C48H57N5O11/c1-31(37-27-42(60-5)43(28-39(37)53(58)59)61-25-15-22-44(54)49-2)50-46(55)40(26-32-16-7-6-8-17-32)51(3)47(56)41(30-63-45-23-13-14-24-62-45)52(4)48(57)64-29-38-35-20-11-9-18-33(35)34-19-10-12-21-36(34)38/h6-12,16-21,27-28,31,38,40-41,45H,13-15,22-26,29-30H2,1-5H3,(H,49,54)(H,50,55)/t31?,40-,41-,45?/m0/s1. The Bertz CT molecular complexity index is 2220. The maximum Gasteiger partial charge on any atom is 0.410 e. The van der Waals surface area contributed by atoms with Crippen molar-refractivity contribution in [1.29, 1.82) is 0 Å². The van der Waals surface area contributed by atoms with Gasteiger partial charge < -0.3 is 39.2 Å². The number of methoxy groups -OCH3 is 1. The second-order valence-electron chi connectivity index (χ2n) is 15.9. The molecular formula is C48H57N5O11. The fraction of sp³-hybridized carbons (Fsp3) is 0.417. The van der Waals surface area contributed by atoms with Gasteiger partial charge in [0, 0.05) is 46.5 Å². The van der Waals surface area contributed by atoms with Crippen LogP contribution in [0.4, 0.5) is 10.5 Å². The van der Waals surface area contributed by atoms with E-state index in [1.54, 1.807) is 6.92 Å². The van der Waals surface area contributed by atoms with Crippen molar-refractivity contribution >= 4 is 29.5 Å². The van der Waals surface area contributed by atoms with Gasteiger partial charge in [-0.3, -0.25) is 29.4 Å². The molecule has 4 atom stereocenters. The molecule has 2 unspecified atom stereocenters. The van der Waals surface area contributed by atoms with Crippen LogP contribution in [0.5, 0.6) is 11.5 Å². The second-order valence-corrected chi connectivity index (χ2v) is 15.9. The minimum Gasteiger partial charge on any atom is -0.493 e. The largest absolute Gasteiger partial charge is 0.493 e. The van der Waals surface area contributed by atoms with Crippen LogP contribution in [0.25, 0.3) is 11.1 Å². The third-order valence-corrected chi connectivity index (χ3v) is 11.8. The lowest BCUT2D eigenvalue weighted by molar-refractivity contribution is -0.385. The van der Waals surface area contributed by atoms with E-state index in [9.17, 15) is 29.3 Å². The summed E-state index contributed by atoms with van der Waals surface area (Å²) in [6.45, 7) is 1.98. The number of fused-ring (bicyclic) bond motifs is 3. The van der Waals surface area contributed by atoms with Crippen LogP contribution in [0.1, 0.15) is 73.2 Å². The number of carbonyl (C=O) groups is 4. The Morgan fingerprint density at radius 1 is 0.891 bits per heavy atom. The Labute approximate surface area is 373 Å². The summed E-state index contributed by atoms with van der Waals surface area (Å²) in [7, 11) is 5.87. The molecule has 2 N–H and O–H groups in total. The van der Waals surface area contributed by atoms with Crippen molar-refractivity contribution in [3.8, 4) is 22.6 Å². The van der Waals surface area contributed by atoms with Gasteiger partial charge in [-0.05, 0) is 66.5 Å². The maximum absolute atomic E-state index is 14.8. The third kappa shape index (κ3) is 11.3. The third-order valence-electron chi connectivity index (χ3n) is 11.8. The Morgan fingerprint density at radius 2 is 1.56 bits per heavy atom. The SMILES string of the molecule is CNC(=O)CCCOc1cc([N+](=O)[O-])c(C(C)NC(=O)[C@H](Cc2ccccc2)N(C)C(=O)[C@H](COC2CCCCO2)N(C)C(=O)OCC2c3ccccc3-c3ccccc32)cc1OC. The zero-order valence-electron chi connectivity index (χ0n) is 37.0. The molecule has 1 fully saturated rings. The van der Waals surface area contributed by atoms with Crippen LogP contribution in [0, 0.1) is 10.1 Å². The molecule has 6 rings (SSSR count). The summed E-state index contributed by atoms with van der Waals surface area (Å²) in [5.41, 5.74) is 4.78. The first-order valence-corrected chi connectivity index (χ1v) is 21.5. The molecule has 64 heavy (non-hydrogen) atoms. The van der Waals surface area contributed by atoms with Gasteiger partial charge in [0.05, 0.1) is 42.9 Å². The van der Waals surface area contributed by atoms with Gasteiger partial charge in [-0.2, -0.15) is 0 Å². The lowest BCUT2D eigenvalue weighted by atomic mass is 9.98. The number of benzene rings is 4. The molecule has 2 aliphatic rings. The molecule has 4 amide bonds. The van der Waals surface area contributed by atoms with E-state index in [-0.39, 0.29) is 67.2 Å². The van der Waals surface area contributed by atoms with Gasteiger partial charge in [0.25, 0.3) is 5.69 Å². The van der Waals surface area contributed by atoms with Gasteiger partial charge in [-0.15, -0.1) is 0 Å². The molecule has 0 saturated carbocycles. The van der Waals surface area contributed by atoms with E-state index >= 15 is 0 Å². The molecule has 4 aromatic carbocycles. The van der Waals surface area contributed by atoms with Gasteiger partial charge in [0.2, 0.25) is 17.7 Å². The number of ether oxygens (including phenoxy) is 5. The van der Waals surface area contributed by atoms with E-state index in [1.165, 1.54) is 50.2 Å². The second kappa shape index (κ2) is 22.2. The minimum absolute atomic E-state index is 0.0270. The monoisotopic (exact) mass is 879 g/mol. The number of nitrogens with one attached hydrogen (secondary N) is 2. The fourth-order valence-electron chi connectivity index (χ4n) is 8.11. The van der Waals surface area contributed by atoms with Crippen molar-refractivity contribution in [3.63, 3.8) is 0 Å². The summed E-state index contributed by atoms with van der Waals surface area (Å²) in [5.74, 6) is -1.28. The summed E-state index contributed by atoms with van der Waals surface area (Å²) in [5, 5.41) is 17.9. The van der Waals surface area contributed by atoms with Crippen LogP contribution in [-0.2, 0) is 35.0 Å². The van der Waals surface area contributed by atoms with Gasteiger partial charge in [-0.25, -0.2) is 4.79 Å². The predicted octanol–water partition coefficient (Wildman–Crippen LogP) is 6.55. The minimum atomic E-state index is -1.23. The summed E-state index contributed by atoms with van der Waals surface area (Å²) >= 11 is 0. The van der Waals surface area contributed by atoms with Crippen LogP contribution in [0.2, 0.25) is 0 Å². The lowest BCUT2D eigenvalue weighted by Crippen LogP contribution is -2.57. The first-order valence-electron chi connectivity index (χ1n) is 21.5. The Balaban J connectivity index is 1.23. The van der Waals surface area contributed by atoms with E-state index in [4.69, 9.17) is 23.7 Å². The van der Waals surface area contributed by atoms with Crippen molar-refractivity contribution in [2.45, 2.75) is 75.8 Å². The smallest absolute Gasteiger partial charge is 0.410 e. The number of rotatable bonds is 20. The van der Waals surface area contributed by atoms with Crippen LogP contribution in [-0.4, -0.2) is 112 Å². The van der Waals surface area contributed by atoms with Gasteiger partial charge in [0.1, 0.15) is 18.7 Å². The van der Waals surface area contributed by atoms with E-state index in [2.05, 4.69) is 10.6 Å². The number of likely N-dealkylation sites (N-methyl/N-ethyl adjacent to an activating group) is 2. The number of amides is 4. The molecule has 0 radical (unpaired) electrons. The molecule has 16 nitrogen and oxygen atoms in total. The molecule has 16 heteroatoms. The van der Waals surface area contributed by atoms with Crippen molar-refractivity contribution in [1.82, 2.24) is 20.4 Å². The number of nitrogens with zero attached hydrogens (tertiary/aromatic N) is 3. The van der Waals surface area contributed by atoms with Crippen molar-refractivity contribution in [2.24, 2.45) is 0 Å². The van der Waals surface area contributed by atoms with Crippen molar-refractivity contribution in [3.05, 3.63) is 123 Å². The fourth-order valence-corrected chi connectivity index (χ4v) is 8.11. The number of nitro benzene ring substituents is 1. The average Bonchev–Trinajstić information content (AvgIpc) is 3.64. The molecule has 4 aromatic rings. The lowest BCUT2D eigenvalue weighted by Gasteiger charge is -2.35. The summed E-state index contributed by atoms with van der Waals surface area (Å²) < 4.78 is 29.2. The zero-order valence-corrected chi connectivity index (χ0v) is 37.0. The van der Waals surface area contributed by atoms with Crippen LogP contribution in [0.15, 0.2) is 91.0 Å². The normalized spacial score (nSPS) is 15.7. The highest BCUT2D eigenvalue weighted by molar-refractivity contribution is 5.92. The summed E-state index contributed by atoms with van der Waals surface area (Å²) in [6, 6.07) is 24.4. The average molecular weight is 880 g/mol. The zero-order chi connectivity index (χ0) is 45.8. The van der Waals surface area contributed by atoms with Crippen molar-refractivity contribution < 1.29 is 47.8 Å². The highest BCUT2D eigenvalue weighted by atomic mass is 16.7. The van der Waals surface area contributed by atoms with E-state index in [0.29, 0.717) is 19.4 Å². The van der Waals surface area contributed by atoms with Crippen LogP contribution in [0.3, 0.4) is 0 Å². The Kier molecular flexibility index (Phi) is 16.3. The molecular weight excluding hydrogens is 823 g/mol. The van der Waals surface area contributed by atoms with Gasteiger partial charge >= 0.3 is 6.09 Å². The highest BCUT2D eigenvalue weighted by Crippen LogP contribution is 2.44. The molecule has 0 bridgehead atoms. The van der Waals surface area contributed by atoms with Crippen molar-refractivity contribution in [2.75, 3.05) is 54.7 Å². The molecule has 0 aromatic heterocycles. The first-order chi connectivity index (χ1) is 30.9. The number of nitro groups is 1. The van der Waals surface area contributed by atoms with E-state index < -0.39 is 47.2 Å². The van der Waals surface area contributed by atoms with Gasteiger partial charge in [-0.1, -0.05) is 78.9 Å². The molecule has 340 valence electrons. The first kappa shape index (κ1) is 47.0. The van der Waals surface area contributed by atoms with E-state index in [0.717, 1.165) is 40.7 Å². The molecule has 1 heterocycles. The maximum atomic E-state index is 14.8. The molecule has 1 aliphatic carbocycles. The quantitative estimate of drug-likeness (QED) is 0.0557. The Hall–Kier alpha value is -6.52. The van der Waals surface area contributed by atoms with Crippen LogP contribution >= 0.6 is 0 Å². The summed E-state index contributed by atoms with van der Waals surface area (Å²) in [6.07, 6.45) is 1.69. The summed E-state index contributed by atoms with van der Waals surface area (Å²) in [4.78, 5) is 69.3. The predicted molar refractivity (Wildman–Crippen MR) is 238 cm³/mol. The van der Waals surface area contributed by atoms with E-state index in [1.807, 2.05) is 78.9 Å². The topological polar surface area (TPSA) is 188 Å².